The van der Waals surface area contributed by atoms with Gasteiger partial charge in [0.15, 0.2) is 0 Å². The molecular formula is C17H23NO6. The topological polar surface area (TPSA) is 94.1 Å². The highest BCUT2D eigenvalue weighted by atomic mass is 16.5. The second-order valence-electron chi connectivity index (χ2n) is 5.87. The van der Waals surface area contributed by atoms with Crippen molar-refractivity contribution in [1.29, 1.82) is 0 Å². The zero-order valence-corrected chi connectivity index (χ0v) is 14.0. The smallest absolute Gasteiger partial charge is 0.305 e. The van der Waals surface area contributed by atoms with Gasteiger partial charge in [0.25, 0.3) is 0 Å². The second-order valence-corrected chi connectivity index (χ2v) is 5.87. The Kier molecular flexibility index (Phi) is 6.03. The lowest BCUT2D eigenvalue weighted by Gasteiger charge is -2.36. The molecule has 132 valence electrons. The predicted molar refractivity (Wildman–Crippen MR) is 86.4 cm³/mol. The van der Waals surface area contributed by atoms with Crippen LogP contribution in [-0.2, 0) is 20.7 Å². The maximum Gasteiger partial charge on any atom is 0.305 e. The molecule has 0 unspecified atom stereocenters. The number of amides is 1. The van der Waals surface area contributed by atoms with Gasteiger partial charge < -0.3 is 24.6 Å². The molecule has 0 spiro atoms. The maximum atomic E-state index is 12.5. The van der Waals surface area contributed by atoms with Crippen LogP contribution in [0.4, 0.5) is 0 Å². The molecule has 1 saturated heterocycles. The number of hydrogen-bond acceptors (Lipinski definition) is 5. The summed E-state index contributed by atoms with van der Waals surface area (Å²) in [5, 5.41) is 12.1. The first kappa shape index (κ1) is 18.1. The van der Waals surface area contributed by atoms with Crippen LogP contribution in [0.3, 0.4) is 0 Å². The van der Waals surface area contributed by atoms with Crippen molar-refractivity contribution in [2.75, 3.05) is 27.4 Å². The molecule has 0 aromatic heterocycles. The Morgan fingerprint density at radius 2 is 1.96 bits per heavy atom. The van der Waals surface area contributed by atoms with Crippen LogP contribution in [0.2, 0.25) is 0 Å². The zero-order valence-electron chi connectivity index (χ0n) is 14.0. The van der Waals surface area contributed by atoms with Gasteiger partial charge in [-0.3, -0.25) is 9.59 Å². The summed E-state index contributed by atoms with van der Waals surface area (Å²) >= 11 is 0. The molecule has 2 rings (SSSR count). The van der Waals surface area contributed by atoms with Gasteiger partial charge in [0.05, 0.1) is 32.6 Å². The third-order valence-electron chi connectivity index (χ3n) is 4.18. The average Bonchev–Trinajstić information content (AvgIpc) is 2.54. The van der Waals surface area contributed by atoms with Crippen LogP contribution in [0.5, 0.6) is 11.5 Å². The van der Waals surface area contributed by atoms with Crippen molar-refractivity contribution in [2.24, 2.45) is 0 Å². The molecular weight excluding hydrogens is 314 g/mol. The highest BCUT2D eigenvalue weighted by molar-refractivity contribution is 5.81. The Morgan fingerprint density at radius 3 is 2.54 bits per heavy atom. The number of aliphatic carboxylic acids is 1. The molecule has 0 saturated carbocycles. The van der Waals surface area contributed by atoms with E-state index in [0.717, 1.165) is 0 Å². The minimum atomic E-state index is -0.934. The van der Waals surface area contributed by atoms with Crippen molar-refractivity contribution in [1.82, 2.24) is 5.32 Å². The molecule has 1 aromatic carbocycles. The number of carbonyl (C=O) groups excluding carboxylic acids is 1. The van der Waals surface area contributed by atoms with Crippen LogP contribution in [-0.4, -0.2) is 50.0 Å². The summed E-state index contributed by atoms with van der Waals surface area (Å²) in [6.07, 6.45) is 0.945. The number of methoxy groups -OCH3 is 2. The molecule has 1 aromatic rings. The third-order valence-corrected chi connectivity index (χ3v) is 4.18. The third kappa shape index (κ3) is 4.61. The molecule has 7 heteroatoms. The van der Waals surface area contributed by atoms with Crippen LogP contribution in [0.15, 0.2) is 18.2 Å². The number of ether oxygens (including phenoxy) is 3. The normalized spacial score (nSPS) is 16.2. The van der Waals surface area contributed by atoms with E-state index in [4.69, 9.17) is 19.3 Å². The number of hydrogen-bond donors (Lipinski definition) is 2. The maximum absolute atomic E-state index is 12.5. The standard InChI is InChI=1S/C17H23NO6/c1-22-13-3-4-14(23-2)12(9-13)10-15(19)18-17(11-16(20)21)5-7-24-8-6-17/h3-4,9H,5-8,10-11H2,1-2H3,(H,18,19)(H,20,21). The highest BCUT2D eigenvalue weighted by Gasteiger charge is 2.36. The molecule has 1 aliphatic heterocycles. The molecule has 0 radical (unpaired) electrons. The lowest BCUT2D eigenvalue weighted by atomic mass is 9.86. The van der Waals surface area contributed by atoms with Gasteiger partial charge in [0, 0.05) is 18.8 Å². The molecule has 0 atom stereocenters. The fourth-order valence-electron chi connectivity index (χ4n) is 2.93. The van der Waals surface area contributed by atoms with E-state index in [1.54, 1.807) is 25.3 Å². The van der Waals surface area contributed by atoms with E-state index in [0.29, 0.717) is 43.1 Å². The molecule has 2 N–H and O–H groups in total. The molecule has 7 nitrogen and oxygen atoms in total. The molecule has 0 bridgehead atoms. The number of rotatable bonds is 7. The molecule has 1 amide bonds. The molecule has 0 aliphatic carbocycles. The van der Waals surface area contributed by atoms with E-state index in [-0.39, 0.29) is 18.7 Å². The van der Waals surface area contributed by atoms with Crippen molar-refractivity contribution in [3.05, 3.63) is 23.8 Å². The van der Waals surface area contributed by atoms with Gasteiger partial charge in [0.2, 0.25) is 5.91 Å². The van der Waals surface area contributed by atoms with E-state index >= 15 is 0 Å². The van der Waals surface area contributed by atoms with Crippen molar-refractivity contribution < 1.29 is 28.9 Å². The summed E-state index contributed by atoms with van der Waals surface area (Å²) in [6.45, 7) is 0.881. The fraction of sp³-hybridized carbons (Fsp3) is 0.529. The fourth-order valence-corrected chi connectivity index (χ4v) is 2.93. The molecule has 1 heterocycles. The van der Waals surface area contributed by atoms with Gasteiger partial charge >= 0.3 is 5.97 Å². The van der Waals surface area contributed by atoms with Crippen molar-refractivity contribution in [2.45, 2.75) is 31.2 Å². The molecule has 1 aliphatic rings. The summed E-state index contributed by atoms with van der Waals surface area (Å²) in [5.74, 6) is 0.0380. The summed E-state index contributed by atoms with van der Waals surface area (Å²) in [4.78, 5) is 23.7. The van der Waals surface area contributed by atoms with E-state index in [1.807, 2.05) is 0 Å². The Balaban J connectivity index is 2.12. The lowest BCUT2D eigenvalue weighted by molar-refractivity contribution is -0.140. The van der Waals surface area contributed by atoms with Crippen LogP contribution in [0.25, 0.3) is 0 Å². The number of benzene rings is 1. The minimum absolute atomic E-state index is 0.0859. The molecule has 24 heavy (non-hydrogen) atoms. The minimum Gasteiger partial charge on any atom is -0.497 e. The Bertz CT molecular complexity index is 595. The Labute approximate surface area is 140 Å². The van der Waals surface area contributed by atoms with Gasteiger partial charge in [-0.2, -0.15) is 0 Å². The van der Waals surface area contributed by atoms with Gasteiger partial charge in [-0.1, -0.05) is 0 Å². The number of carbonyl (C=O) groups is 2. The SMILES string of the molecule is COc1ccc(OC)c(CC(=O)NC2(CC(=O)O)CCOCC2)c1. The lowest BCUT2D eigenvalue weighted by Crippen LogP contribution is -2.53. The van der Waals surface area contributed by atoms with Crippen molar-refractivity contribution >= 4 is 11.9 Å². The van der Waals surface area contributed by atoms with E-state index in [9.17, 15) is 9.59 Å². The van der Waals surface area contributed by atoms with Gasteiger partial charge in [-0.25, -0.2) is 0 Å². The second kappa shape index (κ2) is 8.01. The first-order chi connectivity index (χ1) is 11.5. The first-order valence-electron chi connectivity index (χ1n) is 7.79. The van der Waals surface area contributed by atoms with Crippen LogP contribution in [0, 0.1) is 0 Å². The summed E-state index contributed by atoms with van der Waals surface area (Å²) < 4.78 is 15.7. The number of carboxylic acids is 1. The summed E-state index contributed by atoms with van der Waals surface area (Å²) in [7, 11) is 3.09. The predicted octanol–water partition coefficient (Wildman–Crippen LogP) is 1.39. The zero-order chi connectivity index (χ0) is 17.6. The van der Waals surface area contributed by atoms with E-state index in [2.05, 4.69) is 5.32 Å². The van der Waals surface area contributed by atoms with Gasteiger partial charge in [0.1, 0.15) is 11.5 Å². The van der Waals surface area contributed by atoms with Crippen LogP contribution < -0.4 is 14.8 Å². The quantitative estimate of drug-likeness (QED) is 0.781. The van der Waals surface area contributed by atoms with E-state index < -0.39 is 11.5 Å². The van der Waals surface area contributed by atoms with E-state index in [1.165, 1.54) is 7.11 Å². The van der Waals surface area contributed by atoms with Crippen LogP contribution >= 0.6 is 0 Å². The summed E-state index contributed by atoms with van der Waals surface area (Å²) in [6, 6.07) is 5.24. The first-order valence-corrected chi connectivity index (χ1v) is 7.79. The van der Waals surface area contributed by atoms with Gasteiger partial charge in [-0.15, -0.1) is 0 Å². The molecule has 1 fully saturated rings. The van der Waals surface area contributed by atoms with Gasteiger partial charge in [-0.05, 0) is 31.0 Å². The van der Waals surface area contributed by atoms with Crippen molar-refractivity contribution in [3.63, 3.8) is 0 Å². The monoisotopic (exact) mass is 337 g/mol. The van der Waals surface area contributed by atoms with Crippen LogP contribution in [0.1, 0.15) is 24.8 Å². The number of carboxylic acid groups (broad SMARTS) is 1. The summed E-state index contributed by atoms with van der Waals surface area (Å²) in [5.41, 5.74) is -0.0697. The Hall–Kier alpha value is -2.28. The largest absolute Gasteiger partial charge is 0.497 e. The average molecular weight is 337 g/mol. The number of nitrogens with one attached hydrogen (secondary N) is 1. The highest BCUT2D eigenvalue weighted by Crippen LogP contribution is 2.27. The van der Waals surface area contributed by atoms with Crippen molar-refractivity contribution in [3.8, 4) is 11.5 Å². The Morgan fingerprint density at radius 1 is 1.25 bits per heavy atom.